The number of hydrogen-bond acceptors (Lipinski definition) is 4. The van der Waals surface area contributed by atoms with Gasteiger partial charge in [-0.25, -0.2) is 9.97 Å². The van der Waals surface area contributed by atoms with Crippen molar-refractivity contribution >= 4 is 11.9 Å². The highest BCUT2D eigenvalue weighted by molar-refractivity contribution is 5.93. The van der Waals surface area contributed by atoms with Crippen molar-refractivity contribution in [3.63, 3.8) is 0 Å². The summed E-state index contributed by atoms with van der Waals surface area (Å²) in [4.78, 5) is 23.3. The van der Waals surface area contributed by atoms with Gasteiger partial charge in [0.05, 0.1) is 5.69 Å². The summed E-state index contributed by atoms with van der Waals surface area (Å²) in [6, 6.07) is 7.90. The lowest BCUT2D eigenvalue weighted by atomic mass is 9.92. The van der Waals surface area contributed by atoms with E-state index in [2.05, 4.69) is 18.7 Å². The standard InChI is InChI=1S/C19H22N4O/c1-11-10-23(12(11)2)19-21-16-5-3-4-15(16)17(22-19)13-6-8-14(9-7-13)18(20)24/h6-9,11-12H,3-5,10H2,1-2H3,(H2,20,24). The summed E-state index contributed by atoms with van der Waals surface area (Å²) in [6.07, 6.45) is 3.18. The lowest BCUT2D eigenvalue weighted by Crippen LogP contribution is -2.54. The fourth-order valence-electron chi connectivity index (χ4n) is 3.64. The molecule has 1 fully saturated rings. The molecular formula is C19H22N4O. The molecule has 2 unspecified atom stereocenters. The predicted molar refractivity (Wildman–Crippen MR) is 94.0 cm³/mol. The van der Waals surface area contributed by atoms with E-state index in [0.29, 0.717) is 17.5 Å². The van der Waals surface area contributed by atoms with Gasteiger partial charge in [0.15, 0.2) is 0 Å². The van der Waals surface area contributed by atoms with Crippen LogP contribution in [-0.4, -0.2) is 28.5 Å². The Morgan fingerprint density at radius 1 is 1.17 bits per heavy atom. The minimum Gasteiger partial charge on any atom is -0.366 e. The highest BCUT2D eigenvalue weighted by atomic mass is 16.1. The maximum absolute atomic E-state index is 11.3. The summed E-state index contributed by atoms with van der Waals surface area (Å²) < 4.78 is 0. The van der Waals surface area contributed by atoms with E-state index in [1.165, 1.54) is 11.3 Å². The lowest BCUT2D eigenvalue weighted by molar-refractivity contribution is 0.100. The third-order valence-electron chi connectivity index (χ3n) is 5.42. The van der Waals surface area contributed by atoms with E-state index in [1.807, 2.05) is 12.1 Å². The molecule has 4 rings (SSSR count). The average Bonchev–Trinajstić information content (AvgIpc) is 3.07. The van der Waals surface area contributed by atoms with Crippen LogP contribution in [0.4, 0.5) is 5.95 Å². The number of aromatic nitrogens is 2. The predicted octanol–water partition coefficient (Wildman–Crippen LogP) is 2.58. The smallest absolute Gasteiger partial charge is 0.248 e. The maximum Gasteiger partial charge on any atom is 0.248 e. The molecule has 0 bridgehead atoms. The van der Waals surface area contributed by atoms with E-state index in [4.69, 9.17) is 15.7 Å². The molecule has 2 atom stereocenters. The molecule has 1 amide bonds. The molecule has 124 valence electrons. The Bertz CT molecular complexity index is 800. The minimum absolute atomic E-state index is 0.404. The van der Waals surface area contributed by atoms with Gasteiger partial charge in [0.2, 0.25) is 11.9 Å². The zero-order valence-corrected chi connectivity index (χ0v) is 14.1. The second-order valence-corrected chi connectivity index (χ2v) is 6.96. The summed E-state index contributed by atoms with van der Waals surface area (Å²) in [7, 11) is 0. The van der Waals surface area contributed by atoms with Crippen LogP contribution in [-0.2, 0) is 12.8 Å². The monoisotopic (exact) mass is 322 g/mol. The van der Waals surface area contributed by atoms with Gasteiger partial charge < -0.3 is 10.6 Å². The number of benzene rings is 1. The molecule has 1 aromatic heterocycles. The molecule has 2 aromatic rings. The van der Waals surface area contributed by atoms with Crippen LogP contribution in [0.15, 0.2) is 24.3 Å². The Hall–Kier alpha value is -2.43. The van der Waals surface area contributed by atoms with E-state index < -0.39 is 5.91 Å². The molecule has 1 aromatic carbocycles. The second kappa shape index (κ2) is 5.58. The largest absolute Gasteiger partial charge is 0.366 e. The third-order valence-corrected chi connectivity index (χ3v) is 5.42. The van der Waals surface area contributed by atoms with E-state index >= 15 is 0 Å². The number of hydrogen-bond donors (Lipinski definition) is 1. The van der Waals surface area contributed by atoms with Gasteiger partial charge in [-0.2, -0.15) is 0 Å². The van der Waals surface area contributed by atoms with Crippen molar-refractivity contribution in [3.05, 3.63) is 41.1 Å². The fourth-order valence-corrected chi connectivity index (χ4v) is 3.64. The van der Waals surface area contributed by atoms with Crippen molar-refractivity contribution in [3.8, 4) is 11.3 Å². The number of aryl methyl sites for hydroxylation is 1. The highest BCUT2D eigenvalue weighted by Gasteiger charge is 2.35. The van der Waals surface area contributed by atoms with Crippen LogP contribution in [0.2, 0.25) is 0 Å². The Labute approximate surface area is 141 Å². The SMILES string of the molecule is CC1CN(c2nc3c(c(-c4ccc(C(N)=O)cc4)n2)CCC3)C1C. The van der Waals surface area contributed by atoms with Gasteiger partial charge in [-0.1, -0.05) is 19.1 Å². The number of carbonyl (C=O) groups is 1. The molecule has 0 saturated carbocycles. The minimum atomic E-state index is -0.404. The molecule has 1 aliphatic carbocycles. The number of nitrogens with zero attached hydrogens (tertiary/aromatic N) is 3. The fraction of sp³-hybridized carbons (Fsp3) is 0.421. The van der Waals surface area contributed by atoms with Crippen molar-refractivity contribution in [1.29, 1.82) is 0 Å². The molecule has 24 heavy (non-hydrogen) atoms. The van der Waals surface area contributed by atoms with E-state index in [9.17, 15) is 4.79 Å². The number of fused-ring (bicyclic) bond motifs is 1. The highest BCUT2D eigenvalue weighted by Crippen LogP contribution is 2.35. The first-order valence-electron chi connectivity index (χ1n) is 8.61. The molecule has 2 heterocycles. The van der Waals surface area contributed by atoms with Crippen molar-refractivity contribution in [2.75, 3.05) is 11.4 Å². The van der Waals surface area contributed by atoms with Crippen LogP contribution in [0.3, 0.4) is 0 Å². The number of rotatable bonds is 3. The third kappa shape index (κ3) is 2.35. The van der Waals surface area contributed by atoms with Crippen LogP contribution in [0.5, 0.6) is 0 Å². The molecule has 5 heteroatoms. The summed E-state index contributed by atoms with van der Waals surface area (Å²) in [5, 5.41) is 0. The van der Waals surface area contributed by atoms with Gasteiger partial charge in [0, 0.05) is 35.0 Å². The lowest BCUT2D eigenvalue weighted by Gasteiger charge is -2.45. The summed E-state index contributed by atoms with van der Waals surface area (Å²) in [5.41, 5.74) is 10.3. The Morgan fingerprint density at radius 3 is 2.54 bits per heavy atom. The van der Waals surface area contributed by atoms with Crippen molar-refractivity contribution in [2.45, 2.75) is 39.2 Å². The maximum atomic E-state index is 11.3. The average molecular weight is 322 g/mol. The second-order valence-electron chi connectivity index (χ2n) is 6.96. The van der Waals surface area contributed by atoms with Crippen molar-refractivity contribution < 1.29 is 4.79 Å². The van der Waals surface area contributed by atoms with Gasteiger partial charge in [0.1, 0.15) is 0 Å². The van der Waals surface area contributed by atoms with Gasteiger partial charge in [-0.05, 0) is 44.2 Å². The van der Waals surface area contributed by atoms with Gasteiger partial charge in [-0.3, -0.25) is 4.79 Å². The van der Waals surface area contributed by atoms with E-state index in [1.54, 1.807) is 12.1 Å². The van der Waals surface area contributed by atoms with Crippen molar-refractivity contribution in [2.24, 2.45) is 11.7 Å². The van der Waals surface area contributed by atoms with Crippen LogP contribution < -0.4 is 10.6 Å². The zero-order valence-electron chi connectivity index (χ0n) is 14.1. The number of primary amides is 1. The number of amides is 1. The first-order chi connectivity index (χ1) is 11.5. The quantitative estimate of drug-likeness (QED) is 0.942. The van der Waals surface area contributed by atoms with E-state index in [-0.39, 0.29) is 0 Å². The topological polar surface area (TPSA) is 72.1 Å². The Kier molecular flexibility index (Phi) is 3.52. The number of anilines is 1. The first-order valence-corrected chi connectivity index (χ1v) is 8.61. The summed E-state index contributed by atoms with van der Waals surface area (Å²) >= 11 is 0. The molecule has 0 radical (unpaired) electrons. The van der Waals surface area contributed by atoms with Gasteiger partial charge >= 0.3 is 0 Å². The molecule has 1 saturated heterocycles. The van der Waals surface area contributed by atoms with Crippen molar-refractivity contribution in [1.82, 2.24) is 9.97 Å². The Morgan fingerprint density at radius 2 is 1.92 bits per heavy atom. The molecule has 2 aliphatic rings. The molecule has 5 nitrogen and oxygen atoms in total. The molecule has 2 N–H and O–H groups in total. The van der Waals surface area contributed by atoms with Crippen LogP contribution in [0.1, 0.15) is 41.9 Å². The molecular weight excluding hydrogens is 300 g/mol. The summed E-state index contributed by atoms with van der Waals surface area (Å²) in [6.45, 7) is 5.50. The number of nitrogens with two attached hydrogens (primary N) is 1. The van der Waals surface area contributed by atoms with Crippen LogP contribution >= 0.6 is 0 Å². The van der Waals surface area contributed by atoms with Crippen LogP contribution in [0.25, 0.3) is 11.3 Å². The Balaban J connectivity index is 1.77. The molecule has 1 aliphatic heterocycles. The summed E-state index contributed by atoms with van der Waals surface area (Å²) in [5.74, 6) is 1.12. The first kappa shape index (κ1) is 15.1. The van der Waals surface area contributed by atoms with Crippen LogP contribution in [0, 0.1) is 5.92 Å². The van der Waals surface area contributed by atoms with Gasteiger partial charge in [-0.15, -0.1) is 0 Å². The normalized spacial score (nSPS) is 22.2. The van der Waals surface area contributed by atoms with E-state index in [0.717, 1.165) is 43.0 Å². The molecule has 0 spiro atoms. The number of carbonyl (C=O) groups excluding carboxylic acids is 1. The van der Waals surface area contributed by atoms with Gasteiger partial charge in [0.25, 0.3) is 0 Å². The zero-order chi connectivity index (χ0) is 16.8.